The third-order valence-electron chi connectivity index (χ3n) is 3.90. The van der Waals surface area contributed by atoms with E-state index in [0.29, 0.717) is 23.9 Å². The highest BCUT2D eigenvalue weighted by Crippen LogP contribution is 2.27. The van der Waals surface area contributed by atoms with Crippen LogP contribution in [0.25, 0.3) is 10.9 Å². The van der Waals surface area contributed by atoms with Gasteiger partial charge >= 0.3 is 6.09 Å². The summed E-state index contributed by atoms with van der Waals surface area (Å²) >= 11 is 0. The minimum atomic E-state index is -0.683. The number of rotatable bonds is 5. The van der Waals surface area contributed by atoms with Gasteiger partial charge in [0.15, 0.2) is 0 Å². The fourth-order valence-electron chi connectivity index (χ4n) is 2.57. The average Bonchev–Trinajstić information content (AvgIpc) is 2.95. The van der Waals surface area contributed by atoms with Crippen molar-refractivity contribution in [3.63, 3.8) is 0 Å². The van der Waals surface area contributed by atoms with Crippen LogP contribution in [0.15, 0.2) is 29.6 Å². The Hall–Kier alpha value is -2.50. The molecule has 134 valence electrons. The summed E-state index contributed by atoms with van der Waals surface area (Å²) < 4.78 is 6.82. The van der Waals surface area contributed by atoms with Crippen molar-refractivity contribution in [1.29, 1.82) is 0 Å². The molecule has 2 aromatic rings. The van der Waals surface area contributed by atoms with Crippen LogP contribution in [0.1, 0.15) is 57.0 Å². The first kappa shape index (κ1) is 18.8. The Labute approximate surface area is 147 Å². The molecule has 0 bridgehead atoms. The molecule has 1 heterocycles. The van der Waals surface area contributed by atoms with Crippen molar-refractivity contribution in [1.82, 2.24) is 4.57 Å². The lowest BCUT2D eigenvalue weighted by Crippen LogP contribution is -2.26. The molecule has 0 N–H and O–H groups in total. The lowest BCUT2D eigenvalue weighted by Gasteiger charge is -2.20. The number of nitrogens with zero attached hydrogens (tertiary/aromatic N) is 2. The summed E-state index contributed by atoms with van der Waals surface area (Å²) in [6.07, 6.45) is 3.02. The topological polar surface area (TPSA) is 77.7 Å². The van der Waals surface area contributed by atoms with E-state index in [2.05, 4.69) is 5.18 Å². The summed E-state index contributed by atoms with van der Waals surface area (Å²) in [5, 5.41) is 3.99. The molecular formula is C19H24N2O4. The number of carbonyl (C=O) groups is 2. The van der Waals surface area contributed by atoms with E-state index < -0.39 is 17.2 Å². The quantitative estimate of drug-likeness (QED) is 0.581. The average molecular weight is 344 g/mol. The second-order valence-electron chi connectivity index (χ2n) is 7.80. The first-order valence-electron chi connectivity index (χ1n) is 8.23. The van der Waals surface area contributed by atoms with Gasteiger partial charge in [0.25, 0.3) is 0 Å². The third-order valence-corrected chi connectivity index (χ3v) is 3.90. The number of benzene rings is 1. The lowest BCUT2D eigenvalue weighted by molar-refractivity contribution is 0.0544. The zero-order valence-corrected chi connectivity index (χ0v) is 15.3. The number of fused-ring (bicyclic) bond motifs is 1. The fraction of sp³-hybridized carbons (Fsp3) is 0.474. The second-order valence-corrected chi connectivity index (χ2v) is 7.80. The number of hydrogen-bond donors (Lipinski definition) is 0. The first-order valence-corrected chi connectivity index (χ1v) is 8.23. The summed E-state index contributed by atoms with van der Waals surface area (Å²) in [7, 11) is 0. The van der Waals surface area contributed by atoms with Crippen molar-refractivity contribution in [2.24, 2.45) is 5.18 Å². The Morgan fingerprint density at radius 2 is 1.92 bits per heavy atom. The van der Waals surface area contributed by atoms with Gasteiger partial charge in [-0.3, -0.25) is 9.36 Å². The molecule has 0 aliphatic heterocycles. The van der Waals surface area contributed by atoms with Crippen LogP contribution >= 0.6 is 0 Å². The van der Waals surface area contributed by atoms with Gasteiger partial charge in [-0.2, -0.15) is 4.91 Å². The molecule has 2 rings (SSSR count). The predicted octanol–water partition coefficient (Wildman–Crippen LogP) is 4.71. The van der Waals surface area contributed by atoms with Crippen LogP contribution in [-0.4, -0.2) is 28.1 Å². The third kappa shape index (κ3) is 4.53. The van der Waals surface area contributed by atoms with E-state index in [-0.39, 0.29) is 0 Å². The monoisotopic (exact) mass is 344 g/mol. The number of nitroso groups, excluding NO2 is 1. The highest BCUT2D eigenvalue weighted by atomic mass is 16.6. The number of carbonyl (C=O) groups excluding carboxylic acids is 2. The Balaban J connectivity index is 2.46. The van der Waals surface area contributed by atoms with Crippen molar-refractivity contribution >= 4 is 23.3 Å². The van der Waals surface area contributed by atoms with Gasteiger partial charge in [0, 0.05) is 17.1 Å². The molecule has 25 heavy (non-hydrogen) atoms. The zero-order chi connectivity index (χ0) is 18.8. The van der Waals surface area contributed by atoms with Crippen molar-refractivity contribution in [2.45, 2.75) is 58.6 Å². The Bertz CT molecular complexity index is 813. The Morgan fingerprint density at radius 1 is 1.24 bits per heavy atom. The second kappa shape index (κ2) is 6.78. The molecule has 6 heteroatoms. The molecule has 0 saturated heterocycles. The molecule has 0 aliphatic rings. The van der Waals surface area contributed by atoms with Gasteiger partial charge in [0.2, 0.25) is 0 Å². The van der Waals surface area contributed by atoms with Crippen LogP contribution in [0, 0.1) is 4.91 Å². The molecule has 0 atom stereocenters. The van der Waals surface area contributed by atoms with E-state index in [1.165, 1.54) is 4.57 Å². The van der Waals surface area contributed by atoms with Crippen molar-refractivity contribution < 1.29 is 14.3 Å². The van der Waals surface area contributed by atoms with Gasteiger partial charge in [0.1, 0.15) is 11.9 Å². The smallest absolute Gasteiger partial charge is 0.418 e. The summed E-state index contributed by atoms with van der Waals surface area (Å²) in [5.74, 6) is 0. The fourth-order valence-corrected chi connectivity index (χ4v) is 2.57. The van der Waals surface area contributed by atoms with Gasteiger partial charge in [-0.25, -0.2) is 4.79 Å². The Kier molecular flexibility index (Phi) is 5.11. The zero-order valence-electron chi connectivity index (χ0n) is 15.3. The summed E-state index contributed by atoms with van der Waals surface area (Å²) in [4.78, 5) is 34.6. The highest BCUT2D eigenvalue weighted by Gasteiger charge is 2.22. The van der Waals surface area contributed by atoms with Crippen molar-refractivity contribution in [2.75, 3.05) is 0 Å². The van der Waals surface area contributed by atoms with E-state index in [1.807, 2.05) is 6.07 Å². The van der Waals surface area contributed by atoms with E-state index in [1.54, 1.807) is 52.9 Å². The van der Waals surface area contributed by atoms with E-state index in [0.717, 1.165) is 17.2 Å². The molecule has 0 radical (unpaired) electrons. The molecule has 1 aromatic carbocycles. The molecule has 0 amide bonds. The molecule has 0 unspecified atom stereocenters. The molecule has 0 saturated carbocycles. The number of hydrogen-bond acceptors (Lipinski definition) is 5. The molecule has 0 fully saturated rings. The highest BCUT2D eigenvalue weighted by molar-refractivity contribution is 5.95. The van der Waals surface area contributed by atoms with E-state index in [4.69, 9.17) is 4.74 Å². The van der Waals surface area contributed by atoms with Gasteiger partial charge in [0.05, 0.1) is 11.1 Å². The van der Waals surface area contributed by atoms with Gasteiger partial charge in [-0.15, -0.1) is 0 Å². The SMILES string of the molecule is CC(C)(CCc1cc(C=O)cc2c1ccn2C(=O)OC(C)(C)C)N=O. The minimum Gasteiger partial charge on any atom is -0.443 e. The number of aryl methyl sites for hydroxylation is 1. The van der Waals surface area contributed by atoms with Crippen molar-refractivity contribution in [3.8, 4) is 0 Å². The van der Waals surface area contributed by atoms with Crippen LogP contribution in [0.3, 0.4) is 0 Å². The number of aromatic nitrogens is 1. The molecule has 6 nitrogen and oxygen atoms in total. The van der Waals surface area contributed by atoms with Crippen LogP contribution in [0.4, 0.5) is 4.79 Å². The van der Waals surface area contributed by atoms with Crippen LogP contribution in [-0.2, 0) is 11.2 Å². The molecular weight excluding hydrogens is 320 g/mol. The predicted molar refractivity (Wildman–Crippen MR) is 97.2 cm³/mol. The molecule has 0 spiro atoms. The normalized spacial score (nSPS) is 12.2. The first-order chi connectivity index (χ1) is 11.6. The summed E-state index contributed by atoms with van der Waals surface area (Å²) in [6.45, 7) is 8.94. The summed E-state index contributed by atoms with van der Waals surface area (Å²) in [6, 6.07) is 5.28. The standard InChI is InChI=1S/C19H24N2O4/c1-18(2,3)25-17(23)21-9-7-15-14(6-8-19(4,5)20-24)10-13(12-22)11-16(15)21/h7,9-12H,6,8H2,1-5H3. The van der Waals surface area contributed by atoms with Gasteiger partial charge in [-0.1, -0.05) is 5.18 Å². The van der Waals surface area contributed by atoms with Gasteiger partial charge in [-0.05, 0) is 71.2 Å². The summed E-state index contributed by atoms with van der Waals surface area (Å²) in [5.41, 5.74) is 0.697. The number of aldehydes is 1. The van der Waals surface area contributed by atoms with Gasteiger partial charge < -0.3 is 4.74 Å². The molecule has 0 aliphatic carbocycles. The van der Waals surface area contributed by atoms with Crippen LogP contribution in [0.2, 0.25) is 0 Å². The maximum Gasteiger partial charge on any atom is 0.418 e. The largest absolute Gasteiger partial charge is 0.443 e. The van der Waals surface area contributed by atoms with E-state index >= 15 is 0 Å². The minimum absolute atomic E-state index is 0.475. The Morgan fingerprint density at radius 3 is 2.48 bits per heavy atom. The number of ether oxygens (including phenoxy) is 1. The van der Waals surface area contributed by atoms with Crippen LogP contribution in [0.5, 0.6) is 0 Å². The maximum atomic E-state index is 12.4. The van der Waals surface area contributed by atoms with Crippen molar-refractivity contribution in [3.05, 3.63) is 40.4 Å². The molecule has 1 aromatic heterocycles. The van der Waals surface area contributed by atoms with E-state index in [9.17, 15) is 14.5 Å². The van der Waals surface area contributed by atoms with Crippen LogP contribution < -0.4 is 0 Å². The maximum absolute atomic E-state index is 12.4. The lowest BCUT2D eigenvalue weighted by atomic mass is 9.94.